The average Bonchev–Trinajstić information content (AvgIpc) is 3.48. The Morgan fingerprint density at radius 2 is 1.76 bits per heavy atom. The molecule has 0 spiro atoms. The molecule has 0 bridgehead atoms. The van der Waals surface area contributed by atoms with Crippen LogP contribution in [0.15, 0.2) is 40.5 Å². The van der Waals surface area contributed by atoms with E-state index >= 15 is 0 Å². The first kappa shape index (κ1) is 15.8. The van der Waals surface area contributed by atoms with Gasteiger partial charge in [0.2, 0.25) is 0 Å². The summed E-state index contributed by atoms with van der Waals surface area (Å²) >= 11 is 3.62. The zero-order chi connectivity index (χ0) is 16.8. The van der Waals surface area contributed by atoms with E-state index in [0.29, 0.717) is 0 Å². The van der Waals surface area contributed by atoms with Crippen molar-refractivity contribution in [2.75, 3.05) is 13.1 Å². The molecule has 2 aromatic rings. The summed E-state index contributed by atoms with van der Waals surface area (Å²) in [7, 11) is 0. The molecule has 0 atom stereocenters. The zero-order valence-corrected chi connectivity index (χ0v) is 16.0. The molecule has 1 saturated carbocycles. The molecule has 2 heterocycles. The molecule has 1 aromatic heterocycles. The van der Waals surface area contributed by atoms with E-state index in [2.05, 4.69) is 45.5 Å². The molecule has 3 heteroatoms. The zero-order valence-electron chi connectivity index (χ0n) is 14.4. The number of piperidine rings is 1. The van der Waals surface area contributed by atoms with Crippen LogP contribution in [0, 0.1) is 0 Å². The Balaban J connectivity index is 1.71. The van der Waals surface area contributed by atoms with Crippen molar-refractivity contribution >= 4 is 21.5 Å². The third kappa shape index (κ3) is 2.98. The number of aryl methyl sites for hydroxylation is 2. The van der Waals surface area contributed by atoms with Crippen LogP contribution in [0.1, 0.15) is 59.5 Å². The molecule has 3 aliphatic rings. The van der Waals surface area contributed by atoms with Gasteiger partial charge in [0, 0.05) is 16.2 Å². The van der Waals surface area contributed by atoms with E-state index in [9.17, 15) is 0 Å². The highest BCUT2D eigenvalue weighted by Crippen LogP contribution is 2.43. The van der Waals surface area contributed by atoms with E-state index in [0.717, 1.165) is 49.2 Å². The van der Waals surface area contributed by atoms with Gasteiger partial charge in [0.25, 0.3) is 0 Å². The maximum Gasteiger partial charge on any atom is 0.0740 e. The maximum atomic E-state index is 4.88. The summed E-state index contributed by atoms with van der Waals surface area (Å²) in [6, 6.07) is 9.54. The minimum atomic E-state index is 0.818. The van der Waals surface area contributed by atoms with Gasteiger partial charge >= 0.3 is 0 Å². The number of hydrogen-bond acceptors (Lipinski definition) is 2. The van der Waals surface area contributed by atoms with Crippen molar-refractivity contribution in [1.82, 2.24) is 10.3 Å². The molecule has 0 amide bonds. The number of hydrogen-bond donors (Lipinski definition) is 1. The summed E-state index contributed by atoms with van der Waals surface area (Å²) in [5.41, 5.74) is 10.1. The number of fused-ring (bicyclic) bond motifs is 2. The molecule has 1 N–H and O–H groups in total. The first-order valence-corrected chi connectivity index (χ1v) is 10.3. The summed E-state index contributed by atoms with van der Waals surface area (Å²) in [5.74, 6) is 0.818. The molecule has 25 heavy (non-hydrogen) atoms. The Morgan fingerprint density at radius 1 is 0.960 bits per heavy atom. The summed E-state index contributed by atoms with van der Waals surface area (Å²) in [6.45, 7) is 2.17. The fraction of sp³-hybridized carbons (Fsp3) is 0.409. The molecule has 2 fully saturated rings. The van der Waals surface area contributed by atoms with Crippen LogP contribution in [0.25, 0.3) is 5.57 Å². The number of halogens is 1. The summed E-state index contributed by atoms with van der Waals surface area (Å²) in [5, 5.41) is 3.50. The second-order valence-corrected chi connectivity index (χ2v) is 8.50. The number of nitrogens with zero attached hydrogens (tertiary/aromatic N) is 1. The topological polar surface area (TPSA) is 24.9 Å². The molecule has 0 radical (unpaired) electrons. The highest BCUT2D eigenvalue weighted by Gasteiger charge is 2.27. The van der Waals surface area contributed by atoms with Crippen molar-refractivity contribution in [3.05, 3.63) is 68.5 Å². The third-order valence-electron chi connectivity index (χ3n) is 5.84. The Labute approximate surface area is 157 Å². The van der Waals surface area contributed by atoms with Crippen LogP contribution in [0.3, 0.4) is 0 Å². The second-order valence-electron chi connectivity index (χ2n) is 7.58. The van der Waals surface area contributed by atoms with Crippen LogP contribution in [0.2, 0.25) is 0 Å². The highest BCUT2D eigenvalue weighted by molar-refractivity contribution is 9.10. The lowest BCUT2D eigenvalue weighted by Crippen LogP contribution is -2.24. The molecule has 2 aliphatic carbocycles. The van der Waals surface area contributed by atoms with Gasteiger partial charge in [-0.25, -0.2) is 0 Å². The lowest BCUT2D eigenvalue weighted by Gasteiger charge is -2.22. The minimum absolute atomic E-state index is 0.818. The van der Waals surface area contributed by atoms with E-state index in [4.69, 9.17) is 4.98 Å². The number of aromatic nitrogens is 1. The summed E-state index contributed by atoms with van der Waals surface area (Å²) < 4.78 is 1.09. The van der Waals surface area contributed by atoms with E-state index < -0.39 is 0 Å². The van der Waals surface area contributed by atoms with Crippen molar-refractivity contribution in [3.8, 4) is 0 Å². The lowest BCUT2D eigenvalue weighted by molar-refractivity contribution is 0.611. The molecule has 0 unspecified atom stereocenters. The van der Waals surface area contributed by atoms with E-state index in [1.807, 2.05) is 6.20 Å². The van der Waals surface area contributed by atoms with Crippen molar-refractivity contribution < 1.29 is 0 Å². The van der Waals surface area contributed by atoms with Gasteiger partial charge in [-0.3, -0.25) is 4.98 Å². The highest BCUT2D eigenvalue weighted by atomic mass is 79.9. The van der Waals surface area contributed by atoms with Gasteiger partial charge in [-0.05, 0) is 102 Å². The van der Waals surface area contributed by atoms with Gasteiger partial charge in [0.05, 0.1) is 5.69 Å². The molecular weight excluding hydrogens is 372 g/mol. The van der Waals surface area contributed by atoms with Gasteiger partial charge in [0.15, 0.2) is 0 Å². The van der Waals surface area contributed by atoms with Crippen molar-refractivity contribution in [3.63, 3.8) is 0 Å². The number of pyridine rings is 1. The van der Waals surface area contributed by atoms with Crippen LogP contribution in [0.4, 0.5) is 0 Å². The molecule has 1 saturated heterocycles. The molecule has 1 aromatic carbocycles. The fourth-order valence-electron chi connectivity index (χ4n) is 4.37. The molecule has 1 aliphatic heterocycles. The first-order chi connectivity index (χ1) is 12.3. The monoisotopic (exact) mass is 394 g/mol. The first-order valence-electron chi connectivity index (χ1n) is 9.50. The van der Waals surface area contributed by atoms with Gasteiger partial charge in [-0.2, -0.15) is 0 Å². The van der Waals surface area contributed by atoms with E-state index in [1.165, 1.54) is 40.8 Å². The maximum absolute atomic E-state index is 4.88. The minimum Gasteiger partial charge on any atom is -0.316 e. The smallest absolute Gasteiger partial charge is 0.0740 e. The number of rotatable bonds is 1. The second kappa shape index (κ2) is 6.37. The Kier molecular flexibility index (Phi) is 4.02. The van der Waals surface area contributed by atoms with Crippen LogP contribution in [-0.2, 0) is 12.8 Å². The van der Waals surface area contributed by atoms with Crippen molar-refractivity contribution in [2.45, 2.75) is 44.4 Å². The summed E-state index contributed by atoms with van der Waals surface area (Å²) in [6.07, 6.45) is 9.17. The summed E-state index contributed by atoms with van der Waals surface area (Å²) in [4.78, 5) is 4.88. The van der Waals surface area contributed by atoms with Crippen molar-refractivity contribution in [2.24, 2.45) is 0 Å². The molecule has 5 rings (SSSR count). The van der Waals surface area contributed by atoms with Crippen LogP contribution >= 0.6 is 15.9 Å². The SMILES string of the molecule is Brc1cnc2c(c1)CCc1cc(C3CC3)ccc1C2=C1CCNCC1. The van der Waals surface area contributed by atoms with Gasteiger partial charge in [-0.1, -0.05) is 23.8 Å². The van der Waals surface area contributed by atoms with Crippen molar-refractivity contribution in [1.29, 1.82) is 0 Å². The Morgan fingerprint density at radius 3 is 2.56 bits per heavy atom. The van der Waals surface area contributed by atoms with Gasteiger partial charge in [-0.15, -0.1) is 0 Å². The van der Waals surface area contributed by atoms with Crippen LogP contribution < -0.4 is 5.32 Å². The largest absolute Gasteiger partial charge is 0.316 e. The van der Waals surface area contributed by atoms with E-state index in [-0.39, 0.29) is 0 Å². The predicted octanol–water partition coefficient (Wildman–Crippen LogP) is 5.01. The van der Waals surface area contributed by atoms with Gasteiger partial charge in [0.1, 0.15) is 0 Å². The Bertz CT molecular complexity index is 856. The Hall–Kier alpha value is -1.45. The predicted molar refractivity (Wildman–Crippen MR) is 106 cm³/mol. The molecule has 128 valence electrons. The van der Waals surface area contributed by atoms with E-state index in [1.54, 1.807) is 11.1 Å². The molecule has 2 nitrogen and oxygen atoms in total. The molecular formula is C22H23BrN2. The normalized spacial score (nSPS) is 20.0. The standard InChI is InChI=1S/C22H23BrN2/c23-19-12-18-4-3-17-11-16(14-1-2-14)5-6-20(17)21(22(18)25-13-19)15-7-9-24-10-8-15/h5-6,11-14,24H,1-4,7-10H2. The average molecular weight is 395 g/mol. The van der Waals surface area contributed by atoms with Crippen LogP contribution in [-0.4, -0.2) is 18.1 Å². The third-order valence-corrected chi connectivity index (χ3v) is 6.28. The van der Waals surface area contributed by atoms with Crippen LogP contribution in [0.5, 0.6) is 0 Å². The lowest BCUT2D eigenvalue weighted by atomic mass is 9.88. The number of nitrogens with one attached hydrogen (secondary N) is 1. The van der Waals surface area contributed by atoms with Gasteiger partial charge < -0.3 is 5.32 Å². The fourth-order valence-corrected chi connectivity index (χ4v) is 4.74. The quantitative estimate of drug-likeness (QED) is 0.735. The number of benzene rings is 1.